The van der Waals surface area contributed by atoms with Crippen molar-refractivity contribution in [1.82, 2.24) is 15.2 Å². The van der Waals surface area contributed by atoms with E-state index in [1.54, 1.807) is 18.3 Å². The zero-order chi connectivity index (χ0) is 17.4. The van der Waals surface area contributed by atoms with Crippen LogP contribution in [-0.2, 0) is 16.1 Å². The maximum atomic E-state index is 11.5. The highest BCUT2D eigenvalue weighted by atomic mass is 32.1. The SMILES string of the molecule is CC(=O)N[C@H]1CC2(CCN(Cc3csc(C)n3)CC2)OC[C@]1(C)O. The van der Waals surface area contributed by atoms with Crippen LogP contribution < -0.4 is 5.32 Å². The summed E-state index contributed by atoms with van der Waals surface area (Å²) in [5.74, 6) is -0.103. The summed E-state index contributed by atoms with van der Waals surface area (Å²) in [6.07, 6.45) is 2.51. The van der Waals surface area contributed by atoms with E-state index in [0.29, 0.717) is 6.42 Å². The average molecular weight is 353 g/mol. The van der Waals surface area contributed by atoms with E-state index in [0.717, 1.165) is 43.2 Å². The lowest BCUT2D eigenvalue weighted by atomic mass is 9.77. The smallest absolute Gasteiger partial charge is 0.217 e. The zero-order valence-corrected chi connectivity index (χ0v) is 15.5. The van der Waals surface area contributed by atoms with Crippen LogP contribution in [0.15, 0.2) is 5.38 Å². The molecule has 3 heterocycles. The molecule has 1 aromatic heterocycles. The molecule has 2 saturated heterocycles. The van der Waals surface area contributed by atoms with Gasteiger partial charge in [-0.1, -0.05) is 0 Å². The molecule has 2 atom stereocenters. The maximum absolute atomic E-state index is 11.5. The van der Waals surface area contributed by atoms with Gasteiger partial charge < -0.3 is 15.2 Å². The first-order valence-corrected chi connectivity index (χ1v) is 9.43. The normalized spacial score (nSPS) is 30.4. The molecular weight excluding hydrogens is 326 g/mol. The number of ether oxygens (including phenoxy) is 1. The number of carbonyl (C=O) groups is 1. The highest BCUT2D eigenvalue weighted by molar-refractivity contribution is 7.09. The van der Waals surface area contributed by atoms with Crippen LogP contribution in [0.2, 0.25) is 0 Å². The summed E-state index contributed by atoms with van der Waals surface area (Å²) in [5.41, 5.74) is -0.104. The van der Waals surface area contributed by atoms with Crippen molar-refractivity contribution in [1.29, 1.82) is 0 Å². The highest BCUT2D eigenvalue weighted by Gasteiger charge is 2.48. The van der Waals surface area contributed by atoms with Crippen LogP contribution in [0.3, 0.4) is 0 Å². The number of hydrogen-bond acceptors (Lipinski definition) is 6. The molecule has 1 amide bonds. The average Bonchev–Trinajstić information content (AvgIpc) is 2.91. The Morgan fingerprint density at radius 2 is 2.25 bits per heavy atom. The molecular formula is C17H27N3O3S. The highest BCUT2D eigenvalue weighted by Crippen LogP contribution is 2.38. The number of thiazole rings is 1. The van der Waals surface area contributed by atoms with Gasteiger partial charge in [0.1, 0.15) is 5.60 Å². The molecule has 2 aliphatic rings. The van der Waals surface area contributed by atoms with Gasteiger partial charge in [0.05, 0.1) is 29.0 Å². The Balaban J connectivity index is 1.59. The summed E-state index contributed by atoms with van der Waals surface area (Å²) in [6, 6.07) is -0.253. The lowest BCUT2D eigenvalue weighted by Gasteiger charge is -2.50. The molecule has 7 heteroatoms. The fraction of sp³-hybridized carbons (Fsp3) is 0.765. The molecule has 1 spiro atoms. The number of carbonyl (C=O) groups excluding carboxylic acids is 1. The van der Waals surface area contributed by atoms with E-state index in [1.807, 2.05) is 6.92 Å². The van der Waals surface area contributed by atoms with E-state index >= 15 is 0 Å². The summed E-state index contributed by atoms with van der Waals surface area (Å²) in [5, 5.41) is 16.6. The number of nitrogens with zero attached hydrogens (tertiary/aromatic N) is 2. The predicted octanol–water partition coefficient (Wildman–Crippen LogP) is 1.46. The molecule has 2 aliphatic heterocycles. The molecule has 3 rings (SSSR count). The quantitative estimate of drug-likeness (QED) is 0.861. The number of amides is 1. The van der Waals surface area contributed by atoms with E-state index in [-0.39, 0.29) is 24.2 Å². The first-order valence-electron chi connectivity index (χ1n) is 8.55. The molecule has 2 fully saturated rings. The molecule has 24 heavy (non-hydrogen) atoms. The summed E-state index contributed by atoms with van der Waals surface area (Å²) in [7, 11) is 0. The van der Waals surface area contributed by atoms with Crippen molar-refractivity contribution >= 4 is 17.2 Å². The Kier molecular flexibility index (Phi) is 4.97. The third-order valence-corrected chi connectivity index (χ3v) is 6.02. The minimum atomic E-state index is -1.01. The number of piperidine rings is 1. The van der Waals surface area contributed by atoms with Crippen LogP contribution in [0.5, 0.6) is 0 Å². The molecule has 1 aromatic rings. The van der Waals surface area contributed by atoms with Crippen molar-refractivity contribution in [2.24, 2.45) is 0 Å². The Bertz CT molecular complexity index is 594. The molecule has 0 bridgehead atoms. The predicted molar refractivity (Wildman–Crippen MR) is 92.9 cm³/mol. The summed E-state index contributed by atoms with van der Waals surface area (Å²) in [4.78, 5) is 18.4. The monoisotopic (exact) mass is 353 g/mol. The molecule has 0 saturated carbocycles. The van der Waals surface area contributed by atoms with Crippen LogP contribution in [0.1, 0.15) is 43.8 Å². The van der Waals surface area contributed by atoms with Crippen molar-refractivity contribution in [2.75, 3.05) is 19.7 Å². The second-order valence-electron chi connectivity index (χ2n) is 7.42. The molecule has 0 aliphatic carbocycles. The van der Waals surface area contributed by atoms with E-state index in [2.05, 4.69) is 20.6 Å². The minimum absolute atomic E-state index is 0.103. The van der Waals surface area contributed by atoms with Gasteiger partial charge in [0.15, 0.2) is 0 Å². The van der Waals surface area contributed by atoms with Gasteiger partial charge in [-0.05, 0) is 33.1 Å². The third kappa shape index (κ3) is 3.96. The van der Waals surface area contributed by atoms with Crippen LogP contribution in [-0.4, -0.2) is 57.8 Å². The third-order valence-electron chi connectivity index (χ3n) is 5.19. The molecule has 0 aromatic carbocycles. The second-order valence-corrected chi connectivity index (χ2v) is 8.48. The van der Waals surface area contributed by atoms with Crippen molar-refractivity contribution in [3.8, 4) is 0 Å². The van der Waals surface area contributed by atoms with Crippen molar-refractivity contribution in [3.05, 3.63) is 16.1 Å². The minimum Gasteiger partial charge on any atom is -0.386 e. The van der Waals surface area contributed by atoms with Gasteiger partial charge >= 0.3 is 0 Å². The van der Waals surface area contributed by atoms with Crippen molar-refractivity contribution in [3.63, 3.8) is 0 Å². The largest absolute Gasteiger partial charge is 0.386 e. The van der Waals surface area contributed by atoms with Crippen LogP contribution >= 0.6 is 11.3 Å². The maximum Gasteiger partial charge on any atom is 0.217 e. The van der Waals surface area contributed by atoms with Crippen LogP contribution in [0.4, 0.5) is 0 Å². The Morgan fingerprint density at radius 1 is 1.54 bits per heavy atom. The van der Waals surface area contributed by atoms with Crippen molar-refractivity contribution in [2.45, 2.75) is 63.8 Å². The van der Waals surface area contributed by atoms with Gasteiger partial charge in [0.2, 0.25) is 5.91 Å². The van der Waals surface area contributed by atoms with E-state index in [1.165, 1.54) is 6.92 Å². The van der Waals surface area contributed by atoms with Gasteiger partial charge in [-0.2, -0.15) is 0 Å². The molecule has 6 nitrogen and oxygen atoms in total. The zero-order valence-electron chi connectivity index (χ0n) is 14.7. The van der Waals surface area contributed by atoms with Gasteiger partial charge in [0, 0.05) is 31.9 Å². The van der Waals surface area contributed by atoms with E-state index < -0.39 is 5.60 Å². The van der Waals surface area contributed by atoms with Gasteiger partial charge in [0.25, 0.3) is 0 Å². The Labute approximate surface area is 147 Å². The van der Waals surface area contributed by atoms with Gasteiger partial charge in [-0.25, -0.2) is 4.98 Å². The van der Waals surface area contributed by atoms with Crippen LogP contribution in [0, 0.1) is 6.92 Å². The first kappa shape index (κ1) is 17.8. The lowest BCUT2D eigenvalue weighted by Crippen LogP contribution is -2.63. The topological polar surface area (TPSA) is 74.7 Å². The molecule has 134 valence electrons. The molecule has 2 N–H and O–H groups in total. The number of aryl methyl sites for hydroxylation is 1. The number of nitrogens with one attached hydrogen (secondary N) is 1. The van der Waals surface area contributed by atoms with Crippen LogP contribution in [0.25, 0.3) is 0 Å². The van der Waals surface area contributed by atoms with E-state index in [4.69, 9.17) is 4.74 Å². The number of hydrogen-bond donors (Lipinski definition) is 2. The standard InChI is InChI=1S/C17H27N3O3S/c1-12(21)18-15-8-17(23-11-16(15,3)22)4-6-20(7-5-17)9-14-10-24-13(2)19-14/h10,15,22H,4-9,11H2,1-3H3,(H,18,21)/t15-,16-/m0/s1. The summed E-state index contributed by atoms with van der Waals surface area (Å²) < 4.78 is 6.09. The fourth-order valence-electron chi connectivity index (χ4n) is 3.68. The van der Waals surface area contributed by atoms with Gasteiger partial charge in [-0.15, -0.1) is 11.3 Å². The Hall–Kier alpha value is -1.02. The fourth-order valence-corrected chi connectivity index (χ4v) is 4.28. The van der Waals surface area contributed by atoms with Gasteiger partial charge in [-0.3, -0.25) is 9.69 Å². The molecule has 0 radical (unpaired) electrons. The number of aliphatic hydroxyl groups is 1. The number of aromatic nitrogens is 1. The van der Waals surface area contributed by atoms with E-state index in [9.17, 15) is 9.90 Å². The number of rotatable bonds is 3. The lowest BCUT2D eigenvalue weighted by molar-refractivity contribution is -0.193. The second kappa shape index (κ2) is 6.71. The first-order chi connectivity index (χ1) is 11.3. The summed E-state index contributed by atoms with van der Waals surface area (Å²) >= 11 is 1.69. The molecule has 0 unspecified atom stereocenters. The van der Waals surface area contributed by atoms with Crippen molar-refractivity contribution < 1.29 is 14.6 Å². The Morgan fingerprint density at radius 3 is 2.83 bits per heavy atom. The number of likely N-dealkylation sites (tertiary alicyclic amines) is 1. The summed E-state index contributed by atoms with van der Waals surface area (Å²) in [6.45, 7) is 8.31.